The molecule has 0 radical (unpaired) electrons. The predicted octanol–water partition coefficient (Wildman–Crippen LogP) is 6.97. The van der Waals surface area contributed by atoms with Crippen LogP contribution in [-0.4, -0.2) is 9.36 Å². The molecule has 3 rings (SSSR count). The molecule has 0 saturated heterocycles. The van der Waals surface area contributed by atoms with E-state index < -0.39 is 11.7 Å². The van der Waals surface area contributed by atoms with Gasteiger partial charge in [0.25, 0.3) is 0 Å². The number of rotatable bonds is 5. The first-order chi connectivity index (χ1) is 13.8. The molecule has 3 aromatic rings. The Labute approximate surface area is 182 Å². The molecule has 2 aromatic heterocycles. The summed E-state index contributed by atoms with van der Waals surface area (Å²) in [5.41, 5.74) is 0.151. The molecule has 0 aliphatic heterocycles. The first-order valence-electron chi connectivity index (χ1n) is 7.77. The minimum Gasteiger partial charge on any atom is -0.362 e. The van der Waals surface area contributed by atoms with Gasteiger partial charge in [0.15, 0.2) is 0 Å². The number of hydrogen-bond acceptors (Lipinski definition) is 6. The molecule has 11 heteroatoms. The van der Waals surface area contributed by atoms with Crippen LogP contribution in [0.2, 0.25) is 10.0 Å². The van der Waals surface area contributed by atoms with Gasteiger partial charge in [-0.05, 0) is 59.7 Å². The average Bonchev–Trinajstić information content (AvgIpc) is 3.05. The number of benzene rings is 1. The normalized spacial score (nSPS) is 11.6. The van der Waals surface area contributed by atoms with E-state index in [1.54, 1.807) is 36.5 Å². The van der Waals surface area contributed by atoms with E-state index in [1.807, 2.05) is 0 Å². The molecule has 0 aliphatic rings. The van der Waals surface area contributed by atoms with Crippen molar-refractivity contribution in [3.63, 3.8) is 0 Å². The summed E-state index contributed by atoms with van der Waals surface area (Å²) >= 11 is 13.8. The van der Waals surface area contributed by atoms with Crippen LogP contribution in [-0.2, 0) is 6.18 Å². The van der Waals surface area contributed by atoms with Gasteiger partial charge >= 0.3 is 6.18 Å². The largest absolute Gasteiger partial charge is 0.417 e. The number of nitrogens with one attached hydrogen (secondary N) is 1. The fourth-order valence-electron chi connectivity index (χ4n) is 2.08. The Morgan fingerprint density at radius 2 is 1.90 bits per heavy atom. The van der Waals surface area contributed by atoms with Crippen LogP contribution in [0.3, 0.4) is 0 Å². The Balaban J connectivity index is 1.77. The molecule has 29 heavy (non-hydrogen) atoms. The lowest BCUT2D eigenvalue weighted by atomic mass is 10.3. The van der Waals surface area contributed by atoms with E-state index in [-0.39, 0.29) is 15.6 Å². The SMILES string of the molecule is N#Cc1c(Sc2ncc(C(F)(F)F)cc2Cl)nsc1C=CNc1ccc(Cl)cc1. The van der Waals surface area contributed by atoms with Gasteiger partial charge in [0.2, 0.25) is 0 Å². The fraction of sp³-hybridized carbons (Fsp3) is 0.0556. The summed E-state index contributed by atoms with van der Waals surface area (Å²) in [6.45, 7) is 0. The first-order valence-corrected chi connectivity index (χ1v) is 10.1. The zero-order chi connectivity index (χ0) is 21.0. The molecule has 1 N–H and O–H groups in total. The highest BCUT2D eigenvalue weighted by Crippen LogP contribution is 2.38. The maximum Gasteiger partial charge on any atom is 0.417 e. The lowest BCUT2D eigenvalue weighted by Gasteiger charge is -2.08. The quantitative estimate of drug-likeness (QED) is 0.434. The predicted molar refractivity (Wildman–Crippen MR) is 109 cm³/mol. The summed E-state index contributed by atoms with van der Waals surface area (Å²) in [6, 6.07) is 9.92. The van der Waals surface area contributed by atoms with Crippen molar-refractivity contribution in [3.8, 4) is 6.07 Å². The Bertz CT molecular complexity index is 1090. The second-order valence-electron chi connectivity index (χ2n) is 5.43. The zero-order valence-electron chi connectivity index (χ0n) is 14.2. The Kier molecular flexibility index (Phi) is 6.70. The van der Waals surface area contributed by atoms with Gasteiger partial charge in [-0.15, -0.1) is 0 Å². The first kappa shape index (κ1) is 21.5. The highest BCUT2D eigenvalue weighted by Gasteiger charge is 2.31. The van der Waals surface area contributed by atoms with E-state index in [4.69, 9.17) is 23.2 Å². The molecule has 0 aliphatic carbocycles. The third kappa shape index (κ3) is 5.42. The van der Waals surface area contributed by atoms with E-state index in [2.05, 4.69) is 20.7 Å². The van der Waals surface area contributed by atoms with Crippen molar-refractivity contribution in [2.45, 2.75) is 16.2 Å². The second-order valence-corrected chi connectivity index (χ2v) is 8.06. The molecular formula is C18H9Cl2F3N4S2. The van der Waals surface area contributed by atoms with Crippen LogP contribution < -0.4 is 5.32 Å². The van der Waals surface area contributed by atoms with Crippen LogP contribution in [0, 0.1) is 11.3 Å². The second kappa shape index (κ2) is 9.05. The summed E-state index contributed by atoms with van der Waals surface area (Å²) < 4.78 is 42.4. The van der Waals surface area contributed by atoms with Crippen molar-refractivity contribution >= 4 is 58.3 Å². The fourth-order valence-corrected chi connectivity index (χ4v) is 4.15. The summed E-state index contributed by atoms with van der Waals surface area (Å²) in [5.74, 6) is 0. The van der Waals surface area contributed by atoms with E-state index >= 15 is 0 Å². The lowest BCUT2D eigenvalue weighted by molar-refractivity contribution is -0.137. The van der Waals surface area contributed by atoms with E-state index in [0.717, 1.165) is 35.0 Å². The average molecular weight is 473 g/mol. The third-order valence-corrected chi connectivity index (χ3v) is 6.04. The number of hydrogen-bond donors (Lipinski definition) is 1. The minimum absolute atomic E-state index is 0.135. The summed E-state index contributed by atoms with van der Waals surface area (Å²) in [5, 5.41) is 13.4. The third-order valence-electron chi connectivity index (χ3n) is 3.46. The van der Waals surface area contributed by atoms with E-state index in [0.29, 0.717) is 21.1 Å². The number of aromatic nitrogens is 2. The molecule has 0 spiro atoms. The van der Waals surface area contributed by atoms with Gasteiger partial charge in [-0.2, -0.15) is 22.8 Å². The van der Waals surface area contributed by atoms with Gasteiger partial charge in [0.05, 0.1) is 15.5 Å². The smallest absolute Gasteiger partial charge is 0.362 e. The number of pyridine rings is 1. The summed E-state index contributed by atoms with van der Waals surface area (Å²) in [6.07, 6.45) is -0.511. The van der Waals surface area contributed by atoms with Crippen molar-refractivity contribution in [1.82, 2.24) is 9.36 Å². The van der Waals surface area contributed by atoms with Crippen molar-refractivity contribution < 1.29 is 13.2 Å². The molecule has 2 heterocycles. The topological polar surface area (TPSA) is 61.6 Å². The van der Waals surface area contributed by atoms with Gasteiger partial charge in [-0.1, -0.05) is 23.2 Å². The highest BCUT2D eigenvalue weighted by molar-refractivity contribution is 7.99. The van der Waals surface area contributed by atoms with Crippen molar-refractivity contribution in [1.29, 1.82) is 5.26 Å². The molecule has 148 valence electrons. The maximum absolute atomic E-state index is 12.7. The number of alkyl halides is 3. The molecule has 4 nitrogen and oxygen atoms in total. The molecule has 0 atom stereocenters. The maximum atomic E-state index is 12.7. The lowest BCUT2D eigenvalue weighted by Crippen LogP contribution is -2.05. The molecule has 0 fully saturated rings. The molecule has 0 unspecified atom stereocenters. The van der Waals surface area contributed by atoms with Crippen LogP contribution in [0.1, 0.15) is 16.0 Å². The molecule has 0 saturated carbocycles. The van der Waals surface area contributed by atoms with Crippen LogP contribution in [0.4, 0.5) is 18.9 Å². The number of halogens is 5. The van der Waals surface area contributed by atoms with Crippen LogP contribution >= 0.6 is 46.5 Å². The van der Waals surface area contributed by atoms with Crippen LogP contribution in [0.25, 0.3) is 6.08 Å². The number of nitrogens with zero attached hydrogens (tertiary/aromatic N) is 3. The Morgan fingerprint density at radius 1 is 1.17 bits per heavy atom. The van der Waals surface area contributed by atoms with E-state index in [1.165, 1.54) is 0 Å². The summed E-state index contributed by atoms with van der Waals surface area (Å²) in [4.78, 5) is 4.34. The molecule has 0 amide bonds. The zero-order valence-corrected chi connectivity index (χ0v) is 17.3. The van der Waals surface area contributed by atoms with Crippen molar-refractivity contribution in [3.05, 3.63) is 68.8 Å². The molecule has 0 bridgehead atoms. The molecular weight excluding hydrogens is 464 g/mol. The summed E-state index contributed by atoms with van der Waals surface area (Å²) in [7, 11) is 0. The van der Waals surface area contributed by atoms with Crippen molar-refractivity contribution in [2.75, 3.05) is 5.32 Å². The monoisotopic (exact) mass is 472 g/mol. The van der Waals surface area contributed by atoms with Gasteiger partial charge in [0.1, 0.15) is 21.7 Å². The molecule has 1 aromatic carbocycles. The van der Waals surface area contributed by atoms with Crippen LogP contribution in [0.5, 0.6) is 0 Å². The van der Waals surface area contributed by atoms with Crippen molar-refractivity contribution in [2.24, 2.45) is 0 Å². The minimum atomic E-state index is -4.53. The van der Waals surface area contributed by atoms with Crippen LogP contribution in [0.15, 0.2) is 52.8 Å². The van der Waals surface area contributed by atoms with Gasteiger partial charge in [0, 0.05) is 23.1 Å². The standard InChI is InChI=1S/C18H9Cl2F3N4S2/c19-11-1-3-12(4-2-11)25-6-5-15-13(8-24)16(27-29-15)28-17-14(20)7-10(9-26-17)18(21,22)23/h1-7,9,25H. The van der Waals surface area contributed by atoms with E-state index in [9.17, 15) is 18.4 Å². The highest BCUT2D eigenvalue weighted by atomic mass is 35.5. The Morgan fingerprint density at radius 3 is 2.52 bits per heavy atom. The Hall–Kier alpha value is -2.25. The van der Waals surface area contributed by atoms with Gasteiger partial charge in [-0.3, -0.25) is 0 Å². The number of anilines is 1. The number of nitriles is 1. The van der Waals surface area contributed by atoms with Gasteiger partial charge < -0.3 is 5.32 Å². The van der Waals surface area contributed by atoms with Gasteiger partial charge in [-0.25, -0.2) is 4.98 Å².